The average Bonchev–Trinajstić information content (AvgIpc) is 3.48. The van der Waals surface area contributed by atoms with Crippen LogP contribution in [0.15, 0.2) is 100 Å². The highest BCUT2D eigenvalue weighted by Gasteiger charge is 2.19. The fourth-order valence-corrected chi connectivity index (χ4v) is 4.40. The SMILES string of the molecule is COc1ccc(-c2cnc(-n3[nH]c(-c4ccccc4)c(N=Nc4cccc(C)c4)c3=O)s2)cc1. The number of hydrogen-bond acceptors (Lipinski definition) is 6. The van der Waals surface area contributed by atoms with E-state index in [0.717, 1.165) is 27.3 Å². The lowest BCUT2D eigenvalue weighted by molar-refractivity contribution is 0.415. The van der Waals surface area contributed by atoms with Gasteiger partial charge in [-0.05, 0) is 54.4 Å². The molecule has 0 saturated carbocycles. The minimum atomic E-state index is -0.314. The first-order valence-corrected chi connectivity index (χ1v) is 11.4. The number of H-pyrrole nitrogens is 1. The molecule has 2 aromatic heterocycles. The number of aromatic nitrogens is 3. The van der Waals surface area contributed by atoms with Crippen molar-refractivity contribution < 1.29 is 4.74 Å². The van der Waals surface area contributed by atoms with E-state index in [-0.39, 0.29) is 11.2 Å². The number of ether oxygens (including phenoxy) is 1. The summed E-state index contributed by atoms with van der Waals surface area (Å²) in [5.74, 6) is 0.783. The molecule has 2 heterocycles. The lowest BCUT2D eigenvalue weighted by Crippen LogP contribution is -2.13. The van der Waals surface area contributed by atoms with Gasteiger partial charge in [-0.15, -0.1) is 5.11 Å². The Morgan fingerprint density at radius 1 is 0.941 bits per heavy atom. The molecule has 0 spiro atoms. The van der Waals surface area contributed by atoms with Crippen molar-refractivity contribution in [2.45, 2.75) is 6.92 Å². The van der Waals surface area contributed by atoms with Crippen molar-refractivity contribution in [3.63, 3.8) is 0 Å². The molecule has 0 fully saturated rings. The van der Waals surface area contributed by atoms with Gasteiger partial charge in [-0.1, -0.05) is 53.8 Å². The van der Waals surface area contributed by atoms with Crippen molar-refractivity contribution >= 4 is 22.7 Å². The van der Waals surface area contributed by atoms with Gasteiger partial charge in [0.2, 0.25) is 5.13 Å². The van der Waals surface area contributed by atoms with Gasteiger partial charge < -0.3 is 4.74 Å². The molecule has 0 aliphatic rings. The number of azo groups is 1. The summed E-state index contributed by atoms with van der Waals surface area (Å²) in [7, 11) is 1.63. The van der Waals surface area contributed by atoms with Gasteiger partial charge in [0.15, 0.2) is 5.69 Å². The van der Waals surface area contributed by atoms with Crippen LogP contribution < -0.4 is 10.3 Å². The van der Waals surface area contributed by atoms with Gasteiger partial charge in [-0.2, -0.15) is 9.80 Å². The molecule has 0 unspecified atom stereocenters. The zero-order valence-electron chi connectivity index (χ0n) is 18.6. The van der Waals surface area contributed by atoms with Crippen molar-refractivity contribution in [1.29, 1.82) is 0 Å². The number of methoxy groups -OCH3 is 1. The van der Waals surface area contributed by atoms with Crippen LogP contribution >= 0.6 is 11.3 Å². The third kappa shape index (κ3) is 4.31. The summed E-state index contributed by atoms with van der Waals surface area (Å²) >= 11 is 1.41. The summed E-state index contributed by atoms with van der Waals surface area (Å²) in [5, 5.41) is 12.4. The lowest BCUT2D eigenvalue weighted by atomic mass is 10.1. The zero-order chi connectivity index (χ0) is 23.5. The fraction of sp³-hybridized carbons (Fsp3) is 0.0769. The van der Waals surface area contributed by atoms with Gasteiger partial charge in [-0.3, -0.25) is 9.89 Å². The second-order valence-corrected chi connectivity index (χ2v) is 8.63. The summed E-state index contributed by atoms with van der Waals surface area (Å²) < 4.78 is 6.65. The maximum Gasteiger partial charge on any atom is 0.301 e. The molecule has 7 nitrogen and oxygen atoms in total. The zero-order valence-corrected chi connectivity index (χ0v) is 19.4. The van der Waals surface area contributed by atoms with E-state index in [4.69, 9.17) is 4.74 Å². The minimum absolute atomic E-state index is 0.230. The van der Waals surface area contributed by atoms with Crippen molar-refractivity contribution in [1.82, 2.24) is 14.8 Å². The number of benzene rings is 3. The summed E-state index contributed by atoms with van der Waals surface area (Å²) in [4.78, 5) is 18.8. The molecule has 1 N–H and O–H groups in total. The first kappa shape index (κ1) is 21.5. The molecule has 5 rings (SSSR count). The standard InChI is InChI=1S/C26H21N5O2S/c1-17-7-6-10-20(15-17)28-29-24-23(19-8-4-3-5-9-19)30-31(25(24)32)26-27-16-22(34-26)18-11-13-21(33-2)14-12-18/h3-16,30H,1-2H3. The summed E-state index contributed by atoms with van der Waals surface area (Å²) in [5.41, 5.74) is 4.08. The van der Waals surface area contributed by atoms with Gasteiger partial charge >= 0.3 is 5.56 Å². The number of nitrogens with one attached hydrogen (secondary N) is 1. The van der Waals surface area contributed by atoms with E-state index < -0.39 is 0 Å². The maximum atomic E-state index is 13.4. The molecule has 3 aromatic carbocycles. The first-order valence-electron chi connectivity index (χ1n) is 10.6. The Kier molecular flexibility index (Phi) is 5.88. The maximum absolute atomic E-state index is 13.4. The Morgan fingerprint density at radius 2 is 1.74 bits per heavy atom. The second-order valence-electron chi connectivity index (χ2n) is 7.62. The lowest BCUT2D eigenvalue weighted by Gasteiger charge is -2.00. The van der Waals surface area contributed by atoms with E-state index in [9.17, 15) is 4.79 Å². The van der Waals surface area contributed by atoms with Gasteiger partial charge in [0.1, 0.15) is 5.75 Å². The predicted molar refractivity (Wildman–Crippen MR) is 135 cm³/mol. The average molecular weight is 468 g/mol. The van der Waals surface area contributed by atoms with Crippen LogP contribution in [0, 0.1) is 6.92 Å². The largest absolute Gasteiger partial charge is 0.497 e. The van der Waals surface area contributed by atoms with E-state index in [2.05, 4.69) is 20.3 Å². The predicted octanol–water partition coefficient (Wildman–Crippen LogP) is 6.69. The van der Waals surface area contributed by atoms with Crippen LogP contribution in [-0.4, -0.2) is 21.9 Å². The number of thiazole rings is 1. The van der Waals surface area contributed by atoms with Crippen LogP contribution in [0.25, 0.3) is 26.8 Å². The van der Waals surface area contributed by atoms with E-state index in [0.29, 0.717) is 16.5 Å². The molecule has 0 aliphatic heterocycles. The van der Waals surface area contributed by atoms with Crippen molar-refractivity contribution in [3.05, 3.63) is 101 Å². The van der Waals surface area contributed by atoms with Gasteiger partial charge in [0.05, 0.1) is 23.4 Å². The molecule has 8 heteroatoms. The van der Waals surface area contributed by atoms with E-state index >= 15 is 0 Å². The van der Waals surface area contributed by atoms with Crippen molar-refractivity contribution in [3.8, 4) is 32.6 Å². The third-order valence-electron chi connectivity index (χ3n) is 5.25. The molecule has 34 heavy (non-hydrogen) atoms. The number of aromatic amines is 1. The quantitative estimate of drug-likeness (QED) is 0.282. The summed E-state index contributed by atoms with van der Waals surface area (Å²) in [6, 6.07) is 25.0. The first-order chi connectivity index (χ1) is 16.6. The molecule has 5 aromatic rings. The van der Waals surface area contributed by atoms with Crippen LogP contribution in [0.4, 0.5) is 11.4 Å². The van der Waals surface area contributed by atoms with Crippen LogP contribution in [0.3, 0.4) is 0 Å². The highest BCUT2D eigenvalue weighted by Crippen LogP contribution is 2.32. The van der Waals surface area contributed by atoms with E-state index in [1.165, 1.54) is 16.0 Å². The Hall–Kier alpha value is -4.30. The monoisotopic (exact) mass is 467 g/mol. The Labute approximate surface area is 200 Å². The smallest absolute Gasteiger partial charge is 0.301 e. The van der Waals surface area contributed by atoms with Crippen LogP contribution in [0.5, 0.6) is 5.75 Å². The molecule has 0 aliphatic carbocycles. The fourth-order valence-electron chi connectivity index (χ4n) is 3.52. The van der Waals surface area contributed by atoms with Crippen LogP contribution in [0.2, 0.25) is 0 Å². The molecule has 0 saturated heterocycles. The summed E-state index contributed by atoms with van der Waals surface area (Å²) in [6.45, 7) is 1.99. The number of nitrogens with zero attached hydrogens (tertiary/aromatic N) is 4. The molecule has 0 atom stereocenters. The van der Waals surface area contributed by atoms with E-state index in [1.807, 2.05) is 85.8 Å². The van der Waals surface area contributed by atoms with Crippen LogP contribution in [-0.2, 0) is 0 Å². The third-order valence-corrected chi connectivity index (χ3v) is 6.29. The number of rotatable bonds is 6. The van der Waals surface area contributed by atoms with Crippen molar-refractivity contribution in [2.24, 2.45) is 10.2 Å². The molecule has 168 valence electrons. The number of aryl methyl sites for hydroxylation is 1. The molecule has 0 amide bonds. The number of hydrogen-bond donors (Lipinski definition) is 1. The molecular formula is C26H21N5O2S. The molecule has 0 radical (unpaired) electrons. The van der Waals surface area contributed by atoms with E-state index in [1.54, 1.807) is 13.3 Å². The Morgan fingerprint density at radius 3 is 2.47 bits per heavy atom. The van der Waals surface area contributed by atoms with Crippen molar-refractivity contribution in [2.75, 3.05) is 7.11 Å². The highest BCUT2D eigenvalue weighted by atomic mass is 32.1. The topological polar surface area (TPSA) is 84.6 Å². The minimum Gasteiger partial charge on any atom is -0.497 e. The Balaban J connectivity index is 1.57. The summed E-state index contributed by atoms with van der Waals surface area (Å²) in [6.07, 6.45) is 1.76. The molecule has 0 bridgehead atoms. The Bertz CT molecular complexity index is 1520. The molecular weight excluding hydrogens is 446 g/mol. The van der Waals surface area contributed by atoms with Gasteiger partial charge in [0.25, 0.3) is 0 Å². The normalized spacial score (nSPS) is 11.2. The highest BCUT2D eigenvalue weighted by molar-refractivity contribution is 7.17. The van der Waals surface area contributed by atoms with Gasteiger partial charge in [-0.25, -0.2) is 4.98 Å². The van der Waals surface area contributed by atoms with Gasteiger partial charge in [0, 0.05) is 11.8 Å². The second kappa shape index (κ2) is 9.29. The van der Waals surface area contributed by atoms with Crippen LogP contribution in [0.1, 0.15) is 5.56 Å².